The van der Waals surface area contributed by atoms with Crippen molar-refractivity contribution in [2.24, 2.45) is 5.92 Å². The topological polar surface area (TPSA) is 61.4 Å². The Labute approximate surface area is 97.8 Å². The van der Waals surface area contributed by atoms with E-state index in [1.165, 1.54) is 0 Å². The lowest BCUT2D eigenvalue weighted by Gasteiger charge is -2.32. The van der Waals surface area contributed by atoms with Crippen molar-refractivity contribution in [3.8, 4) is 0 Å². The quantitative estimate of drug-likeness (QED) is 0.647. The molecule has 0 radical (unpaired) electrons. The minimum Gasteiger partial charge on any atom is -0.396 e. The molecule has 0 aromatic rings. The third kappa shape index (κ3) is 3.76. The number of rotatable bonds is 5. The van der Waals surface area contributed by atoms with Crippen LogP contribution in [0.5, 0.6) is 0 Å². The first-order valence-corrected chi connectivity index (χ1v) is 6.25. The summed E-state index contributed by atoms with van der Waals surface area (Å²) in [6.45, 7) is 5.95. The van der Waals surface area contributed by atoms with Gasteiger partial charge >= 0.3 is 0 Å². The van der Waals surface area contributed by atoms with Crippen LogP contribution in [-0.2, 0) is 4.79 Å². The molecule has 1 saturated heterocycles. The molecule has 0 aromatic carbocycles. The van der Waals surface area contributed by atoms with E-state index in [0.29, 0.717) is 6.42 Å². The molecule has 1 amide bonds. The second kappa shape index (κ2) is 6.21. The van der Waals surface area contributed by atoms with Gasteiger partial charge in [-0.2, -0.15) is 0 Å². The molecule has 0 saturated carbocycles. The highest BCUT2D eigenvalue weighted by Gasteiger charge is 2.28. The Morgan fingerprint density at radius 1 is 1.62 bits per heavy atom. The summed E-state index contributed by atoms with van der Waals surface area (Å²) in [5.41, 5.74) is -0.261. The average molecular weight is 228 g/mol. The molecular weight excluding hydrogens is 204 g/mol. The molecule has 4 heteroatoms. The van der Waals surface area contributed by atoms with Gasteiger partial charge in [0.1, 0.15) is 0 Å². The number of aliphatic hydroxyl groups is 1. The Morgan fingerprint density at radius 2 is 2.38 bits per heavy atom. The van der Waals surface area contributed by atoms with Crippen LogP contribution in [0.25, 0.3) is 0 Å². The number of piperidine rings is 1. The number of nitrogens with one attached hydrogen (secondary N) is 2. The average Bonchev–Trinajstić information content (AvgIpc) is 2.30. The number of hydrogen-bond donors (Lipinski definition) is 3. The van der Waals surface area contributed by atoms with E-state index in [4.69, 9.17) is 5.11 Å². The van der Waals surface area contributed by atoms with Gasteiger partial charge in [-0.3, -0.25) is 4.79 Å². The first-order chi connectivity index (χ1) is 7.61. The Bertz CT molecular complexity index is 227. The van der Waals surface area contributed by atoms with Crippen LogP contribution in [0, 0.1) is 5.92 Å². The van der Waals surface area contributed by atoms with Crippen molar-refractivity contribution >= 4 is 5.91 Å². The van der Waals surface area contributed by atoms with Crippen molar-refractivity contribution in [3.05, 3.63) is 0 Å². The lowest BCUT2D eigenvalue weighted by molar-refractivity contribution is -0.127. The van der Waals surface area contributed by atoms with Crippen LogP contribution in [0.1, 0.15) is 39.5 Å². The number of amides is 1. The molecule has 1 fully saturated rings. The normalized spacial score (nSPS) is 24.8. The number of carbonyl (C=O) groups is 1. The van der Waals surface area contributed by atoms with E-state index in [1.54, 1.807) is 0 Å². The maximum absolute atomic E-state index is 12.0. The highest BCUT2D eigenvalue weighted by atomic mass is 16.3. The summed E-state index contributed by atoms with van der Waals surface area (Å²) in [5, 5.41) is 15.3. The molecule has 16 heavy (non-hydrogen) atoms. The minimum atomic E-state index is -0.261. The molecular formula is C12H24N2O2. The molecule has 1 aliphatic rings. The molecule has 3 N–H and O–H groups in total. The Morgan fingerprint density at radius 3 is 2.88 bits per heavy atom. The SMILES string of the molecule is CCC(C)(CCO)NC(=O)[C@H]1CCCNC1. The zero-order chi connectivity index (χ0) is 12.0. The predicted molar refractivity (Wildman–Crippen MR) is 64.1 cm³/mol. The highest BCUT2D eigenvalue weighted by molar-refractivity contribution is 5.79. The maximum atomic E-state index is 12.0. The predicted octanol–water partition coefficient (Wildman–Crippen LogP) is 0.653. The van der Waals surface area contributed by atoms with Gasteiger partial charge in [0.25, 0.3) is 0 Å². The number of hydrogen-bond acceptors (Lipinski definition) is 3. The van der Waals surface area contributed by atoms with Gasteiger partial charge in [-0.1, -0.05) is 6.92 Å². The molecule has 1 unspecified atom stereocenters. The molecule has 0 bridgehead atoms. The second-order valence-corrected chi connectivity index (χ2v) is 4.92. The lowest BCUT2D eigenvalue weighted by atomic mass is 9.92. The van der Waals surface area contributed by atoms with Crippen molar-refractivity contribution in [2.75, 3.05) is 19.7 Å². The molecule has 2 atom stereocenters. The van der Waals surface area contributed by atoms with Gasteiger partial charge in [-0.05, 0) is 39.2 Å². The standard InChI is InChI=1S/C12H24N2O2/c1-3-12(2,6-8-15)14-11(16)10-5-4-7-13-9-10/h10,13,15H,3-9H2,1-2H3,(H,14,16)/t10-,12?/m0/s1. The summed E-state index contributed by atoms with van der Waals surface area (Å²) in [4.78, 5) is 12.0. The second-order valence-electron chi connectivity index (χ2n) is 4.92. The van der Waals surface area contributed by atoms with Crippen molar-refractivity contribution < 1.29 is 9.90 Å². The molecule has 1 rings (SSSR count). The van der Waals surface area contributed by atoms with E-state index in [9.17, 15) is 4.79 Å². The third-order valence-corrected chi connectivity index (χ3v) is 3.54. The monoisotopic (exact) mass is 228 g/mol. The van der Waals surface area contributed by atoms with Crippen LogP contribution >= 0.6 is 0 Å². The Kier molecular flexibility index (Phi) is 5.22. The fourth-order valence-electron chi connectivity index (χ4n) is 2.05. The first kappa shape index (κ1) is 13.5. The maximum Gasteiger partial charge on any atom is 0.224 e. The van der Waals surface area contributed by atoms with Crippen molar-refractivity contribution in [3.63, 3.8) is 0 Å². The Hall–Kier alpha value is -0.610. The molecule has 1 aliphatic heterocycles. The summed E-state index contributed by atoms with van der Waals surface area (Å²) >= 11 is 0. The number of carbonyl (C=O) groups excluding carboxylic acids is 1. The van der Waals surface area contributed by atoms with Crippen molar-refractivity contribution in [2.45, 2.75) is 45.1 Å². The van der Waals surface area contributed by atoms with Gasteiger partial charge in [0.15, 0.2) is 0 Å². The van der Waals surface area contributed by atoms with E-state index in [1.807, 2.05) is 13.8 Å². The minimum absolute atomic E-state index is 0.0957. The first-order valence-electron chi connectivity index (χ1n) is 6.25. The van der Waals surface area contributed by atoms with E-state index in [2.05, 4.69) is 10.6 Å². The fourth-order valence-corrected chi connectivity index (χ4v) is 2.05. The van der Waals surface area contributed by atoms with Gasteiger partial charge in [0, 0.05) is 18.7 Å². The van der Waals surface area contributed by atoms with Gasteiger partial charge in [0.05, 0.1) is 5.92 Å². The summed E-state index contributed by atoms with van der Waals surface area (Å²) in [6, 6.07) is 0. The number of aliphatic hydroxyl groups excluding tert-OH is 1. The van der Waals surface area contributed by atoms with E-state index < -0.39 is 0 Å². The zero-order valence-electron chi connectivity index (χ0n) is 10.4. The third-order valence-electron chi connectivity index (χ3n) is 3.54. The molecule has 94 valence electrons. The highest BCUT2D eigenvalue weighted by Crippen LogP contribution is 2.17. The van der Waals surface area contributed by atoms with Gasteiger partial charge < -0.3 is 15.7 Å². The van der Waals surface area contributed by atoms with E-state index >= 15 is 0 Å². The van der Waals surface area contributed by atoms with Crippen LogP contribution in [0.3, 0.4) is 0 Å². The van der Waals surface area contributed by atoms with Crippen LogP contribution in [0.2, 0.25) is 0 Å². The van der Waals surface area contributed by atoms with E-state index in [0.717, 1.165) is 32.4 Å². The largest absolute Gasteiger partial charge is 0.396 e. The van der Waals surface area contributed by atoms with Crippen molar-refractivity contribution in [1.82, 2.24) is 10.6 Å². The van der Waals surface area contributed by atoms with Gasteiger partial charge in [-0.15, -0.1) is 0 Å². The smallest absolute Gasteiger partial charge is 0.224 e. The van der Waals surface area contributed by atoms with Crippen LogP contribution in [0.4, 0.5) is 0 Å². The van der Waals surface area contributed by atoms with Crippen molar-refractivity contribution in [1.29, 1.82) is 0 Å². The van der Waals surface area contributed by atoms with Crippen LogP contribution in [-0.4, -0.2) is 36.2 Å². The van der Waals surface area contributed by atoms with Gasteiger partial charge in [0.2, 0.25) is 5.91 Å². The summed E-state index contributed by atoms with van der Waals surface area (Å²) < 4.78 is 0. The summed E-state index contributed by atoms with van der Waals surface area (Å²) in [6.07, 6.45) is 3.51. The molecule has 1 heterocycles. The fraction of sp³-hybridized carbons (Fsp3) is 0.917. The molecule has 4 nitrogen and oxygen atoms in total. The van der Waals surface area contributed by atoms with E-state index in [-0.39, 0.29) is 24.0 Å². The zero-order valence-corrected chi connectivity index (χ0v) is 10.4. The summed E-state index contributed by atoms with van der Waals surface area (Å²) in [5.74, 6) is 0.225. The molecule has 0 aromatic heterocycles. The van der Waals surface area contributed by atoms with Crippen LogP contribution in [0.15, 0.2) is 0 Å². The van der Waals surface area contributed by atoms with Crippen LogP contribution < -0.4 is 10.6 Å². The van der Waals surface area contributed by atoms with Gasteiger partial charge in [-0.25, -0.2) is 0 Å². The summed E-state index contributed by atoms with van der Waals surface area (Å²) in [7, 11) is 0. The molecule has 0 aliphatic carbocycles. The Balaban J connectivity index is 2.47. The lowest BCUT2D eigenvalue weighted by Crippen LogP contribution is -2.51. The molecule has 0 spiro atoms.